The topological polar surface area (TPSA) is 15.3 Å². The van der Waals surface area contributed by atoms with E-state index in [0.29, 0.717) is 0 Å². The first-order valence-electron chi connectivity index (χ1n) is 12.4. The summed E-state index contributed by atoms with van der Waals surface area (Å²) in [6.45, 7) is 25.1. The third-order valence-electron chi connectivity index (χ3n) is 4.54. The fourth-order valence-electron chi connectivity index (χ4n) is 3.29. The van der Waals surface area contributed by atoms with Crippen LogP contribution >= 0.6 is 0 Å². The van der Waals surface area contributed by atoms with E-state index < -0.39 is 0 Å². The van der Waals surface area contributed by atoms with Crippen LogP contribution in [-0.2, 0) is 0 Å². The van der Waals surface area contributed by atoms with E-state index >= 15 is 0 Å². The Labute approximate surface area is 194 Å². The Balaban J connectivity index is 0. The molecule has 0 radical (unpaired) electrons. The van der Waals surface area contributed by atoms with Crippen molar-refractivity contribution in [2.45, 2.75) is 88.0 Å². The second-order valence-corrected chi connectivity index (χ2v) is 6.68. The van der Waals surface area contributed by atoms with Gasteiger partial charge in [-0.3, -0.25) is 0 Å². The van der Waals surface area contributed by atoms with Crippen LogP contribution in [0.1, 0.15) is 93.6 Å². The quantitative estimate of drug-likeness (QED) is 0.438. The third-order valence-corrected chi connectivity index (χ3v) is 4.54. The van der Waals surface area contributed by atoms with Crippen molar-refractivity contribution in [2.24, 2.45) is 0 Å². The first-order valence-corrected chi connectivity index (χ1v) is 12.4. The average molecular weight is 427 g/mol. The van der Waals surface area contributed by atoms with Gasteiger partial charge in [0.25, 0.3) is 0 Å². The molecule has 1 N–H and O–H groups in total. The van der Waals surface area contributed by atoms with Crippen molar-refractivity contribution in [1.82, 2.24) is 10.2 Å². The van der Waals surface area contributed by atoms with E-state index in [9.17, 15) is 0 Å². The predicted octanol–water partition coefficient (Wildman–Crippen LogP) is 8.96. The molecular weight excluding hydrogens is 376 g/mol. The van der Waals surface area contributed by atoms with Crippen LogP contribution in [0, 0.1) is 0 Å². The molecule has 0 aliphatic carbocycles. The van der Waals surface area contributed by atoms with Gasteiger partial charge in [0.05, 0.1) is 5.70 Å². The van der Waals surface area contributed by atoms with E-state index in [-0.39, 0.29) is 0 Å². The van der Waals surface area contributed by atoms with E-state index in [4.69, 9.17) is 0 Å². The van der Waals surface area contributed by atoms with Gasteiger partial charge in [-0.2, -0.15) is 0 Å². The van der Waals surface area contributed by atoms with Crippen LogP contribution < -0.4 is 5.32 Å². The zero-order chi connectivity index (χ0) is 24.1. The minimum atomic E-state index is 1.06. The fraction of sp³-hybridized carbons (Fsp3) is 0.517. The van der Waals surface area contributed by atoms with E-state index in [2.05, 4.69) is 86.1 Å². The van der Waals surface area contributed by atoms with Gasteiger partial charge in [-0.05, 0) is 56.7 Å². The SMILES string of the molecule is C=C(/C(=C(\C)N/C(C)=C\C=C\CC)N1CCCCC1)c1ccccc1.CC.CC.CC. The average Bonchev–Trinajstić information content (AvgIpc) is 2.84. The highest BCUT2D eigenvalue weighted by Crippen LogP contribution is 2.29. The summed E-state index contributed by atoms with van der Waals surface area (Å²) < 4.78 is 0. The Morgan fingerprint density at radius 2 is 1.48 bits per heavy atom. The zero-order valence-electron chi connectivity index (χ0n) is 22.0. The lowest BCUT2D eigenvalue weighted by Gasteiger charge is -2.34. The Hall–Kier alpha value is -2.22. The van der Waals surface area contributed by atoms with Crippen LogP contribution in [0.3, 0.4) is 0 Å². The summed E-state index contributed by atoms with van der Waals surface area (Å²) in [5, 5.41) is 3.57. The number of piperidine rings is 1. The summed E-state index contributed by atoms with van der Waals surface area (Å²) in [5.74, 6) is 0. The normalized spacial score (nSPS) is 14.1. The number of benzene rings is 1. The van der Waals surface area contributed by atoms with Gasteiger partial charge in [-0.25, -0.2) is 0 Å². The Morgan fingerprint density at radius 3 is 2.00 bits per heavy atom. The largest absolute Gasteiger partial charge is 0.370 e. The summed E-state index contributed by atoms with van der Waals surface area (Å²) in [7, 11) is 0. The maximum absolute atomic E-state index is 4.43. The lowest BCUT2D eigenvalue weighted by Crippen LogP contribution is -2.32. The van der Waals surface area contributed by atoms with Gasteiger partial charge in [0, 0.05) is 24.5 Å². The predicted molar refractivity (Wildman–Crippen MR) is 144 cm³/mol. The maximum atomic E-state index is 4.43. The molecule has 1 aromatic carbocycles. The summed E-state index contributed by atoms with van der Waals surface area (Å²) in [4.78, 5) is 2.50. The zero-order valence-corrected chi connectivity index (χ0v) is 22.0. The highest BCUT2D eigenvalue weighted by atomic mass is 15.2. The van der Waals surface area contributed by atoms with Crippen molar-refractivity contribution in [3.8, 4) is 0 Å². The molecule has 0 saturated carbocycles. The molecule has 2 nitrogen and oxygen atoms in total. The van der Waals surface area contributed by atoms with Gasteiger partial charge in [-0.15, -0.1) is 0 Å². The molecule has 1 fully saturated rings. The molecule has 2 heteroatoms. The minimum Gasteiger partial charge on any atom is -0.370 e. The summed E-state index contributed by atoms with van der Waals surface area (Å²) in [5.41, 5.74) is 5.87. The molecule has 2 rings (SSSR count). The number of hydrogen-bond donors (Lipinski definition) is 1. The molecule has 0 aromatic heterocycles. The minimum absolute atomic E-state index is 1.06. The van der Waals surface area contributed by atoms with Crippen LogP contribution in [0.4, 0.5) is 0 Å². The molecule has 1 aromatic rings. The Kier molecular flexibility index (Phi) is 21.0. The van der Waals surface area contributed by atoms with Gasteiger partial charge in [0.15, 0.2) is 0 Å². The third kappa shape index (κ3) is 12.3. The number of allylic oxidation sites excluding steroid dienone is 6. The number of nitrogens with one attached hydrogen (secondary N) is 1. The van der Waals surface area contributed by atoms with Crippen molar-refractivity contribution in [1.29, 1.82) is 0 Å². The van der Waals surface area contributed by atoms with Gasteiger partial charge in [0.1, 0.15) is 0 Å². The van der Waals surface area contributed by atoms with Gasteiger partial charge < -0.3 is 10.2 Å². The molecule has 0 spiro atoms. The van der Waals surface area contributed by atoms with Gasteiger partial charge >= 0.3 is 0 Å². The molecule has 31 heavy (non-hydrogen) atoms. The smallest absolute Gasteiger partial charge is 0.0633 e. The monoisotopic (exact) mass is 426 g/mol. The van der Waals surface area contributed by atoms with E-state index in [0.717, 1.165) is 30.8 Å². The van der Waals surface area contributed by atoms with Crippen molar-refractivity contribution in [3.63, 3.8) is 0 Å². The molecule has 1 aliphatic heterocycles. The highest BCUT2D eigenvalue weighted by Gasteiger charge is 2.19. The lowest BCUT2D eigenvalue weighted by molar-refractivity contribution is 0.292. The molecule has 0 amide bonds. The summed E-state index contributed by atoms with van der Waals surface area (Å²) in [6, 6.07) is 10.5. The van der Waals surface area contributed by atoms with Crippen LogP contribution in [-0.4, -0.2) is 18.0 Å². The molecule has 1 heterocycles. The van der Waals surface area contributed by atoms with E-state index in [1.807, 2.05) is 41.5 Å². The number of likely N-dealkylation sites (tertiary alicyclic amines) is 1. The molecule has 176 valence electrons. The summed E-state index contributed by atoms with van der Waals surface area (Å²) in [6.07, 6.45) is 11.3. The Bertz CT molecular complexity index is 645. The summed E-state index contributed by atoms with van der Waals surface area (Å²) >= 11 is 0. The number of hydrogen-bond acceptors (Lipinski definition) is 2. The van der Waals surface area contributed by atoms with Crippen molar-refractivity contribution >= 4 is 5.57 Å². The molecule has 1 saturated heterocycles. The van der Waals surface area contributed by atoms with Crippen LogP contribution in [0.2, 0.25) is 0 Å². The van der Waals surface area contributed by atoms with E-state index in [1.54, 1.807) is 0 Å². The van der Waals surface area contributed by atoms with Crippen molar-refractivity contribution in [3.05, 3.63) is 77.8 Å². The van der Waals surface area contributed by atoms with Crippen molar-refractivity contribution < 1.29 is 0 Å². The van der Waals surface area contributed by atoms with E-state index in [1.165, 1.54) is 36.2 Å². The maximum Gasteiger partial charge on any atom is 0.0633 e. The number of nitrogens with zero attached hydrogens (tertiary/aromatic N) is 1. The van der Waals surface area contributed by atoms with Gasteiger partial charge in [-0.1, -0.05) is 97.5 Å². The standard InChI is InChI=1S/C23H32N2.3C2H6/c1-5-6-9-14-19(2)24-21(4)23(25-17-12-8-13-18-25)20(3)22-15-10-7-11-16-22;3*1-2/h6-7,9-11,14-16,24H,3,5,8,12-13,17-18H2,1-2,4H3;3*1-2H3/b9-6+,19-14-,23-21-;;;. The Morgan fingerprint density at radius 1 is 0.935 bits per heavy atom. The second-order valence-electron chi connectivity index (χ2n) is 6.68. The molecule has 1 aliphatic rings. The fourth-order valence-corrected chi connectivity index (χ4v) is 3.29. The van der Waals surface area contributed by atoms with Crippen LogP contribution in [0.5, 0.6) is 0 Å². The second kappa shape index (κ2) is 21.0. The first-order chi connectivity index (χ1) is 15.1. The molecule has 0 atom stereocenters. The van der Waals surface area contributed by atoms with Crippen molar-refractivity contribution in [2.75, 3.05) is 13.1 Å². The molecule has 0 bridgehead atoms. The van der Waals surface area contributed by atoms with Crippen LogP contribution in [0.25, 0.3) is 5.57 Å². The first kappa shape index (κ1) is 31.0. The lowest BCUT2D eigenvalue weighted by atomic mass is 10.00. The van der Waals surface area contributed by atoms with Crippen LogP contribution in [0.15, 0.2) is 72.2 Å². The number of rotatable bonds is 7. The highest BCUT2D eigenvalue weighted by molar-refractivity contribution is 5.77. The van der Waals surface area contributed by atoms with Gasteiger partial charge in [0.2, 0.25) is 0 Å². The molecular formula is C29H50N2. The molecule has 0 unspecified atom stereocenters.